The smallest absolute Gasteiger partial charge is 0.0580 e. The predicted molar refractivity (Wildman–Crippen MR) is 110 cm³/mol. The second-order valence-electron chi connectivity index (χ2n) is 6.17. The minimum Gasteiger partial charge on any atom is -0.367 e. The highest BCUT2D eigenvalue weighted by atomic mass is 15.3. The summed E-state index contributed by atoms with van der Waals surface area (Å²) < 4.78 is 0. The van der Waals surface area contributed by atoms with Crippen LogP contribution in [0.3, 0.4) is 0 Å². The van der Waals surface area contributed by atoms with E-state index >= 15 is 0 Å². The molecule has 0 amide bonds. The molecule has 132 valence electrons. The van der Waals surface area contributed by atoms with Crippen molar-refractivity contribution >= 4 is 11.9 Å². The van der Waals surface area contributed by atoms with Crippen molar-refractivity contribution in [1.82, 2.24) is 5.43 Å². The molecule has 0 saturated heterocycles. The minimum atomic E-state index is 0.732. The maximum Gasteiger partial charge on any atom is 0.0580 e. The lowest BCUT2D eigenvalue weighted by atomic mass is 10.1. The molecule has 3 aromatic rings. The van der Waals surface area contributed by atoms with Crippen molar-refractivity contribution in [2.75, 3.05) is 11.4 Å². The zero-order chi connectivity index (χ0) is 18.0. The first-order valence-electron chi connectivity index (χ1n) is 9.04. The first-order chi connectivity index (χ1) is 12.8. The highest BCUT2D eigenvalue weighted by Crippen LogP contribution is 2.17. The summed E-state index contributed by atoms with van der Waals surface area (Å²) in [6.07, 6.45) is 1.86. The van der Waals surface area contributed by atoms with Crippen LogP contribution in [0.15, 0.2) is 90.0 Å². The molecule has 0 radical (unpaired) electrons. The van der Waals surface area contributed by atoms with Gasteiger partial charge in [0, 0.05) is 18.8 Å². The van der Waals surface area contributed by atoms with Gasteiger partial charge in [0.15, 0.2) is 0 Å². The van der Waals surface area contributed by atoms with Crippen molar-refractivity contribution < 1.29 is 0 Å². The fourth-order valence-electron chi connectivity index (χ4n) is 2.81. The third-order valence-electron chi connectivity index (χ3n) is 4.29. The van der Waals surface area contributed by atoms with E-state index in [-0.39, 0.29) is 0 Å². The fourth-order valence-corrected chi connectivity index (χ4v) is 2.81. The monoisotopic (exact) mass is 343 g/mol. The van der Waals surface area contributed by atoms with E-state index < -0.39 is 0 Å². The van der Waals surface area contributed by atoms with Crippen LogP contribution < -0.4 is 10.3 Å². The van der Waals surface area contributed by atoms with E-state index in [1.54, 1.807) is 0 Å². The maximum absolute atomic E-state index is 4.31. The first kappa shape index (κ1) is 17.7. The number of nitrogens with one attached hydrogen (secondary N) is 1. The van der Waals surface area contributed by atoms with E-state index in [1.165, 1.54) is 16.8 Å². The van der Waals surface area contributed by atoms with Gasteiger partial charge in [0.1, 0.15) is 0 Å². The quantitative estimate of drug-likeness (QED) is 0.468. The Morgan fingerprint density at radius 3 is 2.04 bits per heavy atom. The number of anilines is 1. The van der Waals surface area contributed by atoms with E-state index in [0.717, 1.165) is 25.2 Å². The highest BCUT2D eigenvalue weighted by molar-refractivity contribution is 5.80. The van der Waals surface area contributed by atoms with Gasteiger partial charge in [0.2, 0.25) is 0 Å². The molecule has 0 bridgehead atoms. The fraction of sp³-hybridized carbons (Fsp3) is 0.174. The van der Waals surface area contributed by atoms with E-state index in [0.29, 0.717) is 0 Å². The zero-order valence-corrected chi connectivity index (χ0v) is 15.2. The summed E-state index contributed by atoms with van der Waals surface area (Å²) >= 11 is 0. The van der Waals surface area contributed by atoms with Crippen LogP contribution in [0.25, 0.3) is 0 Å². The Hall–Kier alpha value is -3.07. The third-order valence-corrected chi connectivity index (χ3v) is 4.29. The van der Waals surface area contributed by atoms with Crippen molar-refractivity contribution in [2.24, 2.45) is 5.10 Å². The highest BCUT2D eigenvalue weighted by Gasteiger charge is 2.04. The lowest BCUT2D eigenvalue weighted by Gasteiger charge is -2.23. The summed E-state index contributed by atoms with van der Waals surface area (Å²) in [6.45, 7) is 4.81. The Bertz CT molecular complexity index is 796. The molecule has 0 fully saturated rings. The van der Waals surface area contributed by atoms with Gasteiger partial charge in [0.25, 0.3) is 0 Å². The number of hydrazone groups is 1. The summed E-state index contributed by atoms with van der Waals surface area (Å²) in [4.78, 5) is 2.36. The standard InChI is InChI=1S/C23H25N3/c1-2-26(19-22-11-7-4-8-12-22)23-15-13-21(14-16-23)18-25-24-17-20-9-5-3-6-10-20/h3-16,18,24H,2,17,19H2,1H3. The van der Waals surface area contributed by atoms with Crippen LogP contribution in [0.1, 0.15) is 23.6 Å². The molecule has 3 rings (SSSR count). The minimum absolute atomic E-state index is 0.732. The second kappa shape index (κ2) is 9.42. The SMILES string of the molecule is CCN(Cc1ccccc1)c1ccc(C=NNCc2ccccc2)cc1. The number of rotatable bonds is 8. The number of hydrogen-bond donors (Lipinski definition) is 1. The molecule has 0 atom stereocenters. The van der Waals surface area contributed by atoms with Gasteiger partial charge < -0.3 is 10.3 Å². The summed E-state index contributed by atoms with van der Waals surface area (Å²) in [5.74, 6) is 0. The Morgan fingerprint density at radius 2 is 1.42 bits per heavy atom. The molecule has 3 aromatic carbocycles. The third kappa shape index (κ3) is 5.21. The van der Waals surface area contributed by atoms with E-state index in [1.807, 2.05) is 24.4 Å². The average Bonchev–Trinajstić information content (AvgIpc) is 2.71. The predicted octanol–water partition coefficient (Wildman–Crippen LogP) is 4.84. The van der Waals surface area contributed by atoms with Crippen molar-refractivity contribution in [2.45, 2.75) is 20.0 Å². The van der Waals surface area contributed by atoms with Gasteiger partial charge in [-0.15, -0.1) is 0 Å². The summed E-state index contributed by atoms with van der Waals surface area (Å²) in [5, 5.41) is 4.31. The Morgan fingerprint density at radius 1 is 0.808 bits per heavy atom. The van der Waals surface area contributed by atoms with E-state index in [2.05, 4.69) is 89.1 Å². The van der Waals surface area contributed by atoms with Crippen LogP contribution in [0, 0.1) is 0 Å². The largest absolute Gasteiger partial charge is 0.367 e. The molecule has 0 unspecified atom stereocenters. The topological polar surface area (TPSA) is 27.6 Å². The van der Waals surface area contributed by atoms with Gasteiger partial charge in [-0.05, 0) is 35.7 Å². The molecule has 26 heavy (non-hydrogen) atoms. The van der Waals surface area contributed by atoms with Crippen molar-refractivity contribution in [3.63, 3.8) is 0 Å². The Balaban J connectivity index is 1.56. The summed E-state index contributed by atoms with van der Waals surface area (Å²) in [5.41, 5.74) is 7.95. The van der Waals surface area contributed by atoms with E-state index in [9.17, 15) is 0 Å². The molecular weight excluding hydrogens is 318 g/mol. The summed E-state index contributed by atoms with van der Waals surface area (Å²) in [7, 11) is 0. The molecule has 3 nitrogen and oxygen atoms in total. The normalized spacial score (nSPS) is 10.8. The van der Waals surface area contributed by atoms with Crippen molar-refractivity contribution in [3.05, 3.63) is 102 Å². The molecule has 0 spiro atoms. The van der Waals surface area contributed by atoms with E-state index in [4.69, 9.17) is 0 Å². The number of hydrogen-bond acceptors (Lipinski definition) is 3. The second-order valence-corrected chi connectivity index (χ2v) is 6.17. The Labute approximate surface area is 156 Å². The molecule has 1 N–H and O–H groups in total. The van der Waals surface area contributed by atoms with Gasteiger partial charge in [-0.25, -0.2) is 0 Å². The average molecular weight is 343 g/mol. The molecular formula is C23H25N3. The van der Waals surface area contributed by atoms with Gasteiger partial charge in [-0.3, -0.25) is 0 Å². The van der Waals surface area contributed by atoms with Gasteiger partial charge >= 0.3 is 0 Å². The van der Waals surface area contributed by atoms with Crippen molar-refractivity contribution in [1.29, 1.82) is 0 Å². The number of benzene rings is 3. The van der Waals surface area contributed by atoms with Crippen LogP contribution >= 0.6 is 0 Å². The van der Waals surface area contributed by atoms with Gasteiger partial charge in [0.05, 0.1) is 12.8 Å². The van der Waals surface area contributed by atoms with Crippen LogP contribution in [0.5, 0.6) is 0 Å². The maximum atomic E-state index is 4.31. The van der Waals surface area contributed by atoms with Crippen LogP contribution in [-0.2, 0) is 13.1 Å². The lowest BCUT2D eigenvalue weighted by Crippen LogP contribution is -2.21. The molecule has 0 aromatic heterocycles. The molecule has 0 saturated carbocycles. The van der Waals surface area contributed by atoms with Crippen LogP contribution in [0.4, 0.5) is 5.69 Å². The molecule has 0 aliphatic carbocycles. The first-order valence-corrected chi connectivity index (χ1v) is 9.04. The lowest BCUT2D eigenvalue weighted by molar-refractivity contribution is 0.748. The van der Waals surface area contributed by atoms with Crippen LogP contribution in [-0.4, -0.2) is 12.8 Å². The molecule has 0 aliphatic rings. The zero-order valence-electron chi connectivity index (χ0n) is 15.2. The Kier molecular flexibility index (Phi) is 6.43. The van der Waals surface area contributed by atoms with Crippen molar-refractivity contribution in [3.8, 4) is 0 Å². The van der Waals surface area contributed by atoms with Crippen LogP contribution in [0.2, 0.25) is 0 Å². The molecule has 3 heteroatoms. The molecule has 0 heterocycles. The van der Waals surface area contributed by atoms with Gasteiger partial charge in [-0.1, -0.05) is 72.8 Å². The summed E-state index contributed by atoms with van der Waals surface area (Å²) in [6, 6.07) is 29.4. The number of nitrogens with zero attached hydrogens (tertiary/aromatic N) is 2. The van der Waals surface area contributed by atoms with Gasteiger partial charge in [-0.2, -0.15) is 5.10 Å². The molecule has 0 aliphatic heterocycles.